The fraction of sp³-hybridized carbons (Fsp3) is 0.588. The molecule has 6 nitrogen and oxygen atoms in total. The first-order valence-corrected chi connectivity index (χ1v) is 10.1. The summed E-state index contributed by atoms with van der Waals surface area (Å²) < 4.78 is 61.2. The second-order valence-electron chi connectivity index (χ2n) is 7.37. The molecule has 1 aromatic rings. The summed E-state index contributed by atoms with van der Waals surface area (Å²) in [6.45, 7) is 4.34. The summed E-state index contributed by atoms with van der Waals surface area (Å²) in [5, 5.41) is 0. The van der Waals surface area contributed by atoms with Crippen molar-refractivity contribution in [3.63, 3.8) is 0 Å². The van der Waals surface area contributed by atoms with E-state index >= 15 is 0 Å². The van der Waals surface area contributed by atoms with Crippen molar-refractivity contribution in [3.8, 4) is 0 Å². The van der Waals surface area contributed by atoms with Crippen LogP contribution in [0.3, 0.4) is 0 Å². The summed E-state index contributed by atoms with van der Waals surface area (Å²) in [5.41, 5.74) is -1.03. The Morgan fingerprint density at radius 3 is 2.54 bits per heavy atom. The van der Waals surface area contributed by atoms with Crippen LogP contribution in [0, 0.1) is 17.6 Å². The molecule has 142 valence electrons. The third-order valence-electron chi connectivity index (χ3n) is 5.69. The van der Waals surface area contributed by atoms with Crippen LogP contribution >= 0.6 is 0 Å². The van der Waals surface area contributed by atoms with Crippen LogP contribution in [0.4, 0.5) is 8.78 Å². The van der Waals surface area contributed by atoms with Crippen molar-refractivity contribution in [2.75, 3.05) is 13.2 Å². The number of hydrogen-bond donors (Lipinski definition) is 0. The maximum Gasteiger partial charge on any atom is 0.249 e. The number of hydrogen-bond acceptors (Lipinski definition) is 4. The maximum atomic E-state index is 14.1. The zero-order valence-electron chi connectivity index (χ0n) is 14.5. The van der Waals surface area contributed by atoms with Crippen LogP contribution < -0.4 is 0 Å². The molecule has 0 N–H and O–H groups in total. The summed E-state index contributed by atoms with van der Waals surface area (Å²) >= 11 is 0. The van der Waals surface area contributed by atoms with E-state index in [1.807, 2.05) is 13.8 Å². The second kappa shape index (κ2) is 5.71. The first-order chi connectivity index (χ1) is 12.2. The topological polar surface area (TPSA) is 66.9 Å². The zero-order valence-corrected chi connectivity index (χ0v) is 15.3. The highest BCUT2D eigenvalue weighted by molar-refractivity contribution is 7.89. The summed E-state index contributed by atoms with van der Waals surface area (Å²) in [6, 6.07) is 2.04. The number of halogens is 2. The highest BCUT2D eigenvalue weighted by atomic mass is 32.2. The van der Waals surface area contributed by atoms with Crippen LogP contribution in [0.15, 0.2) is 23.1 Å². The van der Waals surface area contributed by atoms with Crippen LogP contribution in [0.1, 0.15) is 26.7 Å². The van der Waals surface area contributed by atoms with E-state index in [4.69, 9.17) is 4.74 Å². The summed E-state index contributed by atoms with van der Waals surface area (Å²) in [7, 11) is -4.43. The van der Waals surface area contributed by atoms with E-state index in [0.717, 1.165) is 22.5 Å². The molecule has 3 fully saturated rings. The lowest BCUT2D eigenvalue weighted by Crippen LogP contribution is -2.51. The number of amides is 1. The molecule has 3 heterocycles. The number of ether oxygens (including phenoxy) is 1. The van der Waals surface area contributed by atoms with E-state index in [1.54, 1.807) is 4.90 Å². The molecule has 1 spiro atoms. The fourth-order valence-corrected chi connectivity index (χ4v) is 6.24. The summed E-state index contributed by atoms with van der Waals surface area (Å²) in [6.07, 6.45) is 0.250. The molecule has 0 aromatic heterocycles. The first-order valence-electron chi connectivity index (χ1n) is 8.62. The van der Waals surface area contributed by atoms with Crippen LogP contribution in [-0.4, -0.2) is 54.5 Å². The van der Waals surface area contributed by atoms with Gasteiger partial charge in [-0.25, -0.2) is 17.2 Å². The maximum absolute atomic E-state index is 14.1. The van der Waals surface area contributed by atoms with Gasteiger partial charge in [-0.15, -0.1) is 0 Å². The van der Waals surface area contributed by atoms with Gasteiger partial charge in [-0.3, -0.25) is 4.79 Å². The van der Waals surface area contributed by atoms with Gasteiger partial charge in [-0.2, -0.15) is 4.31 Å². The van der Waals surface area contributed by atoms with Crippen molar-refractivity contribution in [1.29, 1.82) is 0 Å². The Hall–Kier alpha value is -1.58. The van der Waals surface area contributed by atoms with E-state index < -0.39 is 38.3 Å². The van der Waals surface area contributed by atoms with Gasteiger partial charge in [0, 0.05) is 19.4 Å². The minimum atomic E-state index is -4.43. The predicted octanol–water partition coefficient (Wildman–Crippen LogP) is 1.71. The molecule has 3 atom stereocenters. The van der Waals surface area contributed by atoms with Crippen molar-refractivity contribution in [1.82, 2.24) is 9.21 Å². The highest BCUT2D eigenvalue weighted by Crippen LogP contribution is 2.50. The number of carbonyl (C=O) groups excluding carboxylic acids is 1. The molecule has 0 unspecified atom stereocenters. The largest absolute Gasteiger partial charge is 0.352 e. The van der Waals surface area contributed by atoms with E-state index in [2.05, 4.69) is 0 Å². The Labute approximate surface area is 150 Å². The quantitative estimate of drug-likeness (QED) is 0.793. The molecular weight excluding hydrogens is 366 g/mol. The molecule has 1 amide bonds. The Kier molecular flexibility index (Phi) is 3.91. The average Bonchev–Trinajstić information content (AvgIpc) is 3.16. The molecule has 1 aromatic carbocycles. The standard InChI is InChI=1S/C17H20F2N2O4S/c1-10(2)13-9-25-17-6-7-20(14(17)8-15(22)21(13)17)26(23,24)16-11(18)4-3-5-12(16)19/h3-5,10,13-14H,6-9H2,1-2H3/t13-,14+,17-/m0/s1. The molecule has 3 saturated heterocycles. The Morgan fingerprint density at radius 1 is 1.27 bits per heavy atom. The van der Waals surface area contributed by atoms with E-state index in [9.17, 15) is 22.0 Å². The summed E-state index contributed by atoms with van der Waals surface area (Å²) in [5.74, 6) is -2.30. The van der Waals surface area contributed by atoms with Gasteiger partial charge in [0.25, 0.3) is 0 Å². The van der Waals surface area contributed by atoms with Crippen LogP contribution in [0.25, 0.3) is 0 Å². The number of benzene rings is 1. The molecule has 26 heavy (non-hydrogen) atoms. The fourth-order valence-electron chi connectivity index (χ4n) is 4.47. The number of carbonyl (C=O) groups is 1. The molecule has 3 aliphatic rings. The Bertz CT molecular complexity index is 855. The van der Waals surface area contributed by atoms with Crippen molar-refractivity contribution >= 4 is 15.9 Å². The molecule has 4 rings (SSSR count). The third kappa shape index (κ3) is 2.20. The number of sulfonamides is 1. The summed E-state index contributed by atoms with van der Waals surface area (Å²) in [4.78, 5) is 13.3. The van der Waals surface area contributed by atoms with Crippen molar-refractivity contribution in [3.05, 3.63) is 29.8 Å². The van der Waals surface area contributed by atoms with Gasteiger partial charge in [-0.1, -0.05) is 19.9 Å². The number of nitrogens with zero attached hydrogens (tertiary/aromatic N) is 2. The molecule has 0 bridgehead atoms. The van der Waals surface area contributed by atoms with Gasteiger partial charge in [-0.05, 0) is 18.1 Å². The van der Waals surface area contributed by atoms with Crippen molar-refractivity contribution < 1.29 is 26.7 Å². The van der Waals surface area contributed by atoms with Crippen molar-refractivity contribution in [2.45, 2.75) is 49.4 Å². The lowest BCUT2D eigenvalue weighted by molar-refractivity contribution is -0.139. The first kappa shape index (κ1) is 17.8. The van der Waals surface area contributed by atoms with Crippen LogP contribution in [-0.2, 0) is 19.6 Å². The molecular formula is C17H20F2N2O4S. The lowest BCUT2D eigenvalue weighted by atomic mass is 10.0. The zero-order chi connectivity index (χ0) is 18.9. The van der Waals surface area contributed by atoms with E-state index in [-0.39, 0.29) is 30.8 Å². The average molecular weight is 386 g/mol. The lowest BCUT2D eigenvalue weighted by Gasteiger charge is -2.34. The van der Waals surface area contributed by atoms with E-state index in [0.29, 0.717) is 13.0 Å². The smallest absolute Gasteiger partial charge is 0.249 e. The van der Waals surface area contributed by atoms with Crippen LogP contribution in [0.5, 0.6) is 0 Å². The Balaban J connectivity index is 1.75. The number of rotatable bonds is 3. The molecule has 3 aliphatic heterocycles. The van der Waals surface area contributed by atoms with Crippen molar-refractivity contribution in [2.24, 2.45) is 5.92 Å². The van der Waals surface area contributed by atoms with Gasteiger partial charge in [0.05, 0.1) is 18.7 Å². The molecule has 0 saturated carbocycles. The van der Waals surface area contributed by atoms with Gasteiger partial charge in [0.15, 0.2) is 10.6 Å². The molecule has 0 aliphatic carbocycles. The molecule has 0 radical (unpaired) electrons. The molecule has 9 heteroatoms. The second-order valence-corrected chi connectivity index (χ2v) is 9.19. The monoisotopic (exact) mass is 386 g/mol. The van der Waals surface area contributed by atoms with Gasteiger partial charge >= 0.3 is 0 Å². The third-order valence-corrected chi connectivity index (χ3v) is 7.65. The minimum absolute atomic E-state index is 0.0431. The van der Waals surface area contributed by atoms with Gasteiger partial charge < -0.3 is 9.64 Å². The van der Waals surface area contributed by atoms with Gasteiger partial charge in [0.2, 0.25) is 15.9 Å². The Morgan fingerprint density at radius 2 is 1.92 bits per heavy atom. The van der Waals surface area contributed by atoms with Crippen LogP contribution in [0.2, 0.25) is 0 Å². The van der Waals surface area contributed by atoms with E-state index in [1.165, 1.54) is 0 Å². The SMILES string of the molecule is CC(C)[C@@H]1CO[C@@]23CCN(S(=O)(=O)c4c(F)cccc4F)[C@@H]2CC(=O)N13. The minimum Gasteiger partial charge on any atom is -0.352 e. The highest BCUT2D eigenvalue weighted by Gasteiger charge is 2.67. The predicted molar refractivity (Wildman–Crippen MR) is 87.4 cm³/mol. The normalized spacial score (nSPS) is 31.7. The van der Waals surface area contributed by atoms with Gasteiger partial charge in [0.1, 0.15) is 11.6 Å².